The molecule has 0 bridgehead atoms. The number of para-hydroxylation sites is 1. The highest BCUT2D eigenvalue weighted by Crippen LogP contribution is 2.35. The Hall–Kier alpha value is -3.39. The summed E-state index contributed by atoms with van der Waals surface area (Å²) in [5.41, 5.74) is 1.15. The number of carbonyl (C=O) groups is 2. The number of rotatable bonds is 5. The molecule has 8 heteroatoms. The summed E-state index contributed by atoms with van der Waals surface area (Å²) in [5.74, 6) is -1.98. The Morgan fingerprint density at radius 2 is 1.93 bits per heavy atom. The van der Waals surface area contributed by atoms with Gasteiger partial charge in [0.25, 0.3) is 5.91 Å². The fourth-order valence-electron chi connectivity index (χ4n) is 2.68. The number of methoxy groups -OCH3 is 1. The number of hydrogen-bond donors (Lipinski definition) is 3. The summed E-state index contributed by atoms with van der Waals surface area (Å²) >= 11 is 0.803. The Kier molecular flexibility index (Phi) is 5.09. The molecule has 3 N–H and O–H groups in total. The maximum atomic E-state index is 12.3. The van der Waals surface area contributed by atoms with Gasteiger partial charge in [-0.3, -0.25) is 14.4 Å². The number of carbonyl (C=O) groups excluding carboxylic acids is 1. The van der Waals surface area contributed by atoms with Crippen LogP contribution < -0.4 is 14.8 Å². The highest BCUT2D eigenvalue weighted by atomic mass is 32.1. The van der Waals surface area contributed by atoms with E-state index in [1.165, 1.54) is 0 Å². The second kappa shape index (κ2) is 7.46. The summed E-state index contributed by atoms with van der Waals surface area (Å²) in [6.07, 6.45) is 0. The number of aromatic hydroxyl groups is 1. The van der Waals surface area contributed by atoms with E-state index in [0.717, 1.165) is 22.5 Å². The van der Waals surface area contributed by atoms with Crippen molar-refractivity contribution < 1.29 is 24.5 Å². The highest BCUT2D eigenvalue weighted by Gasteiger charge is 2.20. The highest BCUT2D eigenvalue weighted by molar-refractivity contribution is 7.16. The van der Waals surface area contributed by atoms with Crippen LogP contribution in [0.1, 0.15) is 10.4 Å². The number of carboxylic acids is 1. The van der Waals surface area contributed by atoms with Crippen molar-refractivity contribution in [3.8, 4) is 22.6 Å². The number of nitrogens with one attached hydrogen (secondary N) is 1. The van der Waals surface area contributed by atoms with Crippen LogP contribution in [0.4, 0.5) is 0 Å². The average Bonchev–Trinajstić information content (AvgIpc) is 2.65. The topological polar surface area (TPSA) is 113 Å². The molecule has 1 amide bonds. The number of amides is 1. The van der Waals surface area contributed by atoms with Gasteiger partial charge in [-0.15, -0.1) is 0 Å². The van der Waals surface area contributed by atoms with Crippen LogP contribution in [0.2, 0.25) is 0 Å². The van der Waals surface area contributed by atoms with Gasteiger partial charge in [-0.2, -0.15) is 0 Å². The van der Waals surface area contributed by atoms with Crippen molar-refractivity contribution in [1.29, 1.82) is 0 Å². The molecule has 138 valence electrons. The van der Waals surface area contributed by atoms with Crippen molar-refractivity contribution >= 4 is 33.3 Å². The van der Waals surface area contributed by atoms with Crippen LogP contribution in [0.15, 0.2) is 47.3 Å². The summed E-state index contributed by atoms with van der Waals surface area (Å²) in [7, 11) is 1.56. The zero-order valence-electron chi connectivity index (χ0n) is 14.2. The normalized spacial score (nSPS) is 10.6. The third-order valence-electron chi connectivity index (χ3n) is 3.93. The second-order valence-corrected chi connectivity index (χ2v) is 6.62. The lowest BCUT2D eigenvalue weighted by atomic mass is 10.0. The SMILES string of the molecule is COc1ccccc1-c1ccc2c(O)c(C(=O)NCC(=O)O)c(=O)sc2c1. The van der Waals surface area contributed by atoms with Crippen molar-refractivity contribution in [2.75, 3.05) is 13.7 Å². The molecular weight excluding hydrogens is 370 g/mol. The Labute approximate surface area is 157 Å². The zero-order chi connectivity index (χ0) is 19.6. The average molecular weight is 385 g/mol. The number of aliphatic carboxylic acids is 1. The molecule has 0 fully saturated rings. The molecule has 0 saturated heterocycles. The molecule has 27 heavy (non-hydrogen) atoms. The molecule has 0 atom stereocenters. The Bertz CT molecular complexity index is 1110. The molecule has 0 aliphatic carbocycles. The van der Waals surface area contributed by atoms with E-state index in [-0.39, 0.29) is 0 Å². The van der Waals surface area contributed by atoms with Crippen LogP contribution >= 0.6 is 11.3 Å². The first-order valence-corrected chi connectivity index (χ1v) is 8.67. The first kappa shape index (κ1) is 18.4. The lowest BCUT2D eigenvalue weighted by molar-refractivity contribution is -0.135. The smallest absolute Gasteiger partial charge is 0.322 e. The Morgan fingerprint density at radius 3 is 2.63 bits per heavy atom. The first-order valence-electron chi connectivity index (χ1n) is 7.85. The quantitative estimate of drug-likeness (QED) is 0.622. The minimum atomic E-state index is -1.25. The predicted molar refractivity (Wildman–Crippen MR) is 102 cm³/mol. The van der Waals surface area contributed by atoms with Crippen LogP contribution in [-0.2, 0) is 4.79 Å². The third kappa shape index (κ3) is 3.61. The van der Waals surface area contributed by atoms with E-state index in [4.69, 9.17) is 9.84 Å². The van der Waals surface area contributed by atoms with Crippen molar-refractivity contribution in [3.05, 3.63) is 57.6 Å². The van der Waals surface area contributed by atoms with Crippen molar-refractivity contribution in [2.45, 2.75) is 0 Å². The van der Waals surface area contributed by atoms with Gasteiger partial charge in [-0.05, 0) is 23.8 Å². The van der Waals surface area contributed by atoms with Crippen LogP contribution in [0, 0.1) is 0 Å². The summed E-state index contributed by atoms with van der Waals surface area (Å²) in [6.45, 7) is -0.646. The van der Waals surface area contributed by atoms with Crippen molar-refractivity contribution in [1.82, 2.24) is 5.32 Å². The van der Waals surface area contributed by atoms with Gasteiger partial charge < -0.3 is 20.3 Å². The molecule has 0 aliphatic heterocycles. The zero-order valence-corrected chi connectivity index (χ0v) is 15.0. The lowest BCUT2D eigenvalue weighted by Gasteiger charge is -2.10. The third-order valence-corrected chi connectivity index (χ3v) is 4.87. The standard InChI is InChI=1S/C19H15NO6S/c1-26-13-5-3-2-4-11(13)10-6-7-12-14(8-10)27-19(25)16(17(12)23)18(24)20-9-15(21)22/h2-8,23H,9H2,1H3,(H,20,24)(H,21,22). The molecule has 0 aliphatic rings. The number of ether oxygens (including phenoxy) is 1. The van der Waals surface area contributed by atoms with Gasteiger partial charge in [-0.1, -0.05) is 35.6 Å². The first-order chi connectivity index (χ1) is 12.9. The van der Waals surface area contributed by atoms with Crippen LogP contribution in [0.5, 0.6) is 11.5 Å². The summed E-state index contributed by atoms with van der Waals surface area (Å²) in [5, 5.41) is 21.5. The number of carboxylic acid groups (broad SMARTS) is 1. The monoisotopic (exact) mass is 385 g/mol. The predicted octanol–water partition coefficient (Wildman–Crippen LogP) is 2.46. The van der Waals surface area contributed by atoms with Crippen LogP contribution in [0.3, 0.4) is 0 Å². The van der Waals surface area contributed by atoms with Gasteiger partial charge in [0.1, 0.15) is 23.6 Å². The Balaban J connectivity index is 2.10. The fraction of sp³-hybridized carbons (Fsp3) is 0.105. The number of fused-ring (bicyclic) bond motifs is 1. The molecule has 0 radical (unpaired) electrons. The van der Waals surface area contributed by atoms with E-state index in [1.54, 1.807) is 25.3 Å². The van der Waals surface area contributed by atoms with Crippen molar-refractivity contribution in [2.24, 2.45) is 0 Å². The molecule has 3 rings (SSSR count). The van der Waals surface area contributed by atoms with Gasteiger partial charge in [0.15, 0.2) is 0 Å². The minimum Gasteiger partial charge on any atom is -0.506 e. The molecule has 0 saturated carbocycles. The minimum absolute atomic E-state index is 0.332. The van der Waals surface area contributed by atoms with Gasteiger partial charge in [0, 0.05) is 15.6 Å². The van der Waals surface area contributed by atoms with E-state index >= 15 is 0 Å². The van der Waals surface area contributed by atoms with Crippen molar-refractivity contribution in [3.63, 3.8) is 0 Å². The largest absolute Gasteiger partial charge is 0.506 e. The molecule has 3 aromatic rings. The van der Waals surface area contributed by atoms with E-state index in [0.29, 0.717) is 15.8 Å². The van der Waals surface area contributed by atoms with E-state index in [2.05, 4.69) is 5.32 Å². The molecular formula is C19H15NO6S. The van der Waals surface area contributed by atoms with Crippen LogP contribution in [0.25, 0.3) is 21.2 Å². The molecule has 1 heterocycles. The molecule has 1 aromatic heterocycles. The summed E-state index contributed by atoms with van der Waals surface area (Å²) in [4.78, 5) is 35.0. The summed E-state index contributed by atoms with van der Waals surface area (Å²) in [6, 6.07) is 12.5. The van der Waals surface area contributed by atoms with Gasteiger partial charge in [0.05, 0.1) is 7.11 Å². The maximum absolute atomic E-state index is 12.3. The molecule has 0 spiro atoms. The van der Waals surface area contributed by atoms with Gasteiger partial charge >= 0.3 is 5.97 Å². The molecule has 2 aromatic carbocycles. The van der Waals surface area contributed by atoms with Crippen LogP contribution in [-0.4, -0.2) is 35.7 Å². The van der Waals surface area contributed by atoms with Gasteiger partial charge in [0.2, 0.25) is 4.74 Å². The second-order valence-electron chi connectivity index (χ2n) is 5.60. The summed E-state index contributed by atoms with van der Waals surface area (Å²) < 4.78 is 5.19. The van der Waals surface area contributed by atoms with Gasteiger partial charge in [-0.25, -0.2) is 0 Å². The van der Waals surface area contributed by atoms with E-state index in [9.17, 15) is 19.5 Å². The number of benzene rings is 2. The fourth-order valence-corrected chi connectivity index (χ4v) is 3.63. The lowest BCUT2D eigenvalue weighted by Crippen LogP contribution is -2.32. The Morgan fingerprint density at radius 1 is 1.19 bits per heavy atom. The molecule has 0 unspecified atom stereocenters. The van der Waals surface area contributed by atoms with E-state index in [1.807, 2.05) is 24.3 Å². The molecule has 7 nitrogen and oxygen atoms in total. The van der Waals surface area contributed by atoms with E-state index < -0.39 is 34.5 Å². The number of hydrogen-bond acceptors (Lipinski definition) is 6. The maximum Gasteiger partial charge on any atom is 0.322 e.